The number of aryl methyl sites for hydroxylation is 1. The lowest BCUT2D eigenvalue weighted by atomic mass is 10.0. The van der Waals surface area contributed by atoms with Crippen LogP contribution in [0.15, 0.2) is 35.6 Å². The molecule has 1 unspecified atom stereocenters. The minimum absolute atomic E-state index is 0.205. The summed E-state index contributed by atoms with van der Waals surface area (Å²) in [5.41, 5.74) is 0.149. The first-order valence-corrected chi connectivity index (χ1v) is 7.47. The van der Waals surface area contributed by atoms with Gasteiger partial charge in [-0.3, -0.25) is 14.0 Å². The summed E-state index contributed by atoms with van der Waals surface area (Å²) in [6.07, 6.45) is 3.66. The Morgan fingerprint density at radius 1 is 1.26 bits per heavy atom. The van der Waals surface area contributed by atoms with Gasteiger partial charge in [-0.05, 0) is 24.5 Å². The molecule has 6 nitrogen and oxygen atoms in total. The van der Waals surface area contributed by atoms with Crippen molar-refractivity contribution in [3.05, 3.63) is 52.8 Å². The van der Waals surface area contributed by atoms with Crippen LogP contribution in [-0.2, 0) is 7.05 Å². The van der Waals surface area contributed by atoms with Crippen LogP contribution in [0.2, 0.25) is 0 Å². The summed E-state index contributed by atoms with van der Waals surface area (Å²) >= 11 is 0. The van der Waals surface area contributed by atoms with E-state index in [2.05, 4.69) is 28.9 Å². The van der Waals surface area contributed by atoms with Crippen molar-refractivity contribution in [1.29, 1.82) is 0 Å². The van der Waals surface area contributed by atoms with E-state index in [1.54, 1.807) is 16.3 Å². The fraction of sp³-hybridized carbons (Fsp3) is 0.375. The topological polar surface area (TPSA) is 65.6 Å². The van der Waals surface area contributed by atoms with Crippen LogP contribution in [0.1, 0.15) is 32.1 Å². The Bertz CT molecular complexity index is 899. The monoisotopic (exact) mass is 315 g/mol. The Morgan fingerprint density at radius 3 is 2.70 bits per heavy atom. The van der Waals surface area contributed by atoms with E-state index in [1.807, 2.05) is 0 Å². The number of hydrogen-bond donors (Lipinski definition) is 0. The molecule has 0 radical (unpaired) electrons. The molecule has 0 saturated heterocycles. The molecule has 0 spiro atoms. The van der Waals surface area contributed by atoms with Crippen LogP contribution < -0.4 is 5.56 Å². The van der Waals surface area contributed by atoms with Gasteiger partial charge in [0.2, 0.25) is 0 Å². The maximum absolute atomic E-state index is 13.3. The zero-order chi connectivity index (χ0) is 16.6. The summed E-state index contributed by atoms with van der Waals surface area (Å²) < 4.78 is 16.5. The predicted octanol–water partition coefficient (Wildman–Crippen LogP) is 2.30. The molecule has 7 heteroatoms. The van der Waals surface area contributed by atoms with Crippen LogP contribution >= 0.6 is 0 Å². The highest BCUT2D eigenvalue weighted by molar-refractivity contribution is 5.77. The van der Waals surface area contributed by atoms with Crippen molar-refractivity contribution >= 4 is 10.9 Å². The van der Waals surface area contributed by atoms with E-state index in [1.165, 1.54) is 30.9 Å². The lowest BCUT2D eigenvalue weighted by Gasteiger charge is -2.20. The van der Waals surface area contributed by atoms with Gasteiger partial charge < -0.3 is 0 Å². The van der Waals surface area contributed by atoms with E-state index in [4.69, 9.17) is 0 Å². The molecule has 0 bridgehead atoms. The van der Waals surface area contributed by atoms with Gasteiger partial charge in [0, 0.05) is 13.1 Å². The quantitative estimate of drug-likeness (QED) is 0.741. The number of benzene rings is 1. The molecule has 2 aromatic heterocycles. The molecule has 0 aliphatic carbocycles. The minimum atomic E-state index is -0.408. The molecule has 0 N–H and O–H groups in total. The second kappa shape index (κ2) is 5.91. The molecule has 0 amide bonds. The molecule has 0 fully saturated rings. The highest BCUT2D eigenvalue weighted by Crippen LogP contribution is 2.23. The first kappa shape index (κ1) is 15.3. The molecule has 2 heterocycles. The van der Waals surface area contributed by atoms with Gasteiger partial charge >= 0.3 is 0 Å². The van der Waals surface area contributed by atoms with Gasteiger partial charge in [0.25, 0.3) is 5.56 Å². The van der Waals surface area contributed by atoms with Crippen LogP contribution in [0.3, 0.4) is 0 Å². The molecule has 0 aliphatic heterocycles. The van der Waals surface area contributed by atoms with Crippen molar-refractivity contribution in [2.24, 2.45) is 13.0 Å². The average Bonchev–Trinajstić information content (AvgIpc) is 2.91. The second-order valence-electron chi connectivity index (χ2n) is 6.01. The highest BCUT2D eigenvalue weighted by atomic mass is 19.1. The zero-order valence-corrected chi connectivity index (χ0v) is 13.3. The molecule has 120 valence electrons. The van der Waals surface area contributed by atoms with Crippen molar-refractivity contribution in [2.75, 3.05) is 0 Å². The average molecular weight is 315 g/mol. The number of hydrogen-bond acceptors (Lipinski definition) is 4. The summed E-state index contributed by atoms with van der Waals surface area (Å²) in [7, 11) is 1.80. The molecule has 23 heavy (non-hydrogen) atoms. The van der Waals surface area contributed by atoms with Gasteiger partial charge in [0.15, 0.2) is 0 Å². The normalized spacial score (nSPS) is 12.9. The lowest BCUT2D eigenvalue weighted by Crippen LogP contribution is -2.29. The Labute approximate surface area is 132 Å². The van der Waals surface area contributed by atoms with Crippen molar-refractivity contribution in [3.63, 3.8) is 0 Å². The van der Waals surface area contributed by atoms with Gasteiger partial charge in [-0.15, -0.1) is 0 Å². The summed E-state index contributed by atoms with van der Waals surface area (Å²) in [4.78, 5) is 21.3. The van der Waals surface area contributed by atoms with E-state index >= 15 is 0 Å². The predicted molar refractivity (Wildman–Crippen MR) is 84.6 cm³/mol. The number of fused-ring (bicyclic) bond motifs is 1. The van der Waals surface area contributed by atoms with E-state index in [0.29, 0.717) is 22.6 Å². The van der Waals surface area contributed by atoms with Crippen molar-refractivity contribution < 1.29 is 4.39 Å². The van der Waals surface area contributed by atoms with E-state index < -0.39 is 5.82 Å². The van der Waals surface area contributed by atoms with Crippen LogP contribution in [0.25, 0.3) is 10.9 Å². The Morgan fingerprint density at radius 2 is 2.04 bits per heavy atom. The fourth-order valence-corrected chi connectivity index (χ4v) is 2.73. The molecule has 0 saturated carbocycles. The second-order valence-corrected chi connectivity index (χ2v) is 6.01. The molecular weight excluding hydrogens is 297 g/mol. The van der Waals surface area contributed by atoms with Gasteiger partial charge in [0.05, 0.1) is 23.3 Å². The van der Waals surface area contributed by atoms with Crippen LogP contribution in [0.4, 0.5) is 4.39 Å². The zero-order valence-electron chi connectivity index (χ0n) is 13.3. The number of aromatic nitrogens is 5. The standard InChI is InChI=1S/C16H18FN5O/c1-10(2)6-14(15-18-8-20-21(15)3)22-9-19-13-7-11(17)4-5-12(13)16(22)23/h4-5,7-10,14H,6H2,1-3H3. The SMILES string of the molecule is CC(C)CC(c1ncnn1C)n1cnc2cc(F)ccc2c1=O. The maximum atomic E-state index is 13.3. The van der Waals surface area contributed by atoms with Gasteiger partial charge in [-0.1, -0.05) is 13.8 Å². The van der Waals surface area contributed by atoms with Crippen molar-refractivity contribution in [3.8, 4) is 0 Å². The van der Waals surface area contributed by atoms with Gasteiger partial charge in [-0.25, -0.2) is 14.4 Å². The summed E-state index contributed by atoms with van der Waals surface area (Å²) in [5.74, 6) is 0.644. The van der Waals surface area contributed by atoms with E-state index in [-0.39, 0.29) is 11.6 Å². The molecule has 3 aromatic rings. The highest BCUT2D eigenvalue weighted by Gasteiger charge is 2.22. The summed E-state index contributed by atoms with van der Waals surface area (Å²) in [6, 6.07) is 3.74. The first-order valence-electron chi connectivity index (χ1n) is 7.47. The molecular formula is C16H18FN5O. The Kier molecular flexibility index (Phi) is 3.94. The third-order valence-corrected chi connectivity index (χ3v) is 3.82. The minimum Gasteiger partial charge on any atom is -0.288 e. The largest absolute Gasteiger partial charge is 0.288 e. The molecule has 0 aliphatic rings. The smallest absolute Gasteiger partial charge is 0.261 e. The fourth-order valence-electron chi connectivity index (χ4n) is 2.73. The molecule has 1 aromatic carbocycles. The number of rotatable bonds is 4. The summed E-state index contributed by atoms with van der Waals surface area (Å²) in [5, 5.41) is 4.49. The van der Waals surface area contributed by atoms with Gasteiger partial charge in [0.1, 0.15) is 18.0 Å². The molecule has 1 atom stereocenters. The van der Waals surface area contributed by atoms with Crippen molar-refractivity contribution in [2.45, 2.75) is 26.3 Å². The first-order chi connectivity index (χ1) is 11.0. The number of nitrogens with zero attached hydrogens (tertiary/aromatic N) is 5. The maximum Gasteiger partial charge on any atom is 0.261 e. The third-order valence-electron chi connectivity index (χ3n) is 3.82. The third kappa shape index (κ3) is 2.86. The Balaban J connectivity index is 2.18. The lowest BCUT2D eigenvalue weighted by molar-refractivity contribution is 0.411. The molecule has 3 rings (SSSR count). The van der Waals surface area contributed by atoms with E-state index in [0.717, 1.165) is 6.42 Å². The van der Waals surface area contributed by atoms with E-state index in [9.17, 15) is 9.18 Å². The van der Waals surface area contributed by atoms with Crippen molar-refractivity contribution in [1.82, 2.24) is 24.3 Å². The summed E-state index contributed by atoms with van der Waals surface area (Å²) in [6.45, 7) is 4.16. The Hall–Kier alpha value is -2.57. The number of halogens is 1. The van der Waals surface area contributed by atoms with Crippen LogP contribution in [0, 0.1) is 11.7 Å². The van der Waals surface area contributed by atoms with Crippen LogP contribution in [-0.4, -0.2) is 24.3 Å². The van der Waals surface area contributed by atoms with Crippen LogP contribution in [0.5, 0.6) is 0 Å². The van der Waals surface area contributed by atoms with Gasteiger partial charge in [-0.2, -0.15) is 5.10 Å².